The molecule has 1 N–H and O–H groups in total. The van der Waals surface area contributed by atoms with Crippen molar-refractivity contribution >= 4 is 0 Å². The monoisotopic (exact) mass is 246 g/mol. The molecule has 3 heterocycles. The minimum atomic E-state index is 0.582. The first-order valence-corrected chi connectivity index (χ1v) is 7.17. The average molecular weight is 246 g/mol. The van der Waals surface area contributed by atoms with Gasteiger partial charge in [0.15, 0.2) is 0 Å². The molecule has 1 atom stereocenters. The second-order valence-electron chi connectivity index (χ2n) is 5.42. The molecule has 4 nitrogen and oxygen atoms in total. The van der Waals surface area contributed by atoms with Gasteiger partial charge in [-0.15, -0.1) is 0 Å². The Hall–Kier alpha value is -1.00. The van der Waals surface area contributed by atoms with Gasteiger partial charge in [-0.25, -0.2) is 9.97 Å². The molecule has 0 amide bonds. The standard InChI is InChI=1S/C14H22N4/c1-2-9-18(8-1)11-14-16-7-5-13(17-14)12-4-3-6-15-10-12/h5,7,12,15H,1-4,6,8-11H2. The summed E-state index contributed by atoms with van der Waals surface area (Å²) in [5, 5.41) is 3.46. The van der Waals surface area contributed by atoms with Crippen LogP contribution in [0.2, 0.25) is 0 Å². The highest BCUT2D eigenvalue weighted by molar-refractivity contribution is 5.10. The Bertz CT molecular complexity index is 381. The van der Waals surface area contributed by atoms with Gasteiger partial charge in [-0.3, -0.25) is 4.90 Å². The summed E-state index contributed by atoms with van der Waals surface area (Å²) in [5.74, 6) is 1.58. The van der Waals surface area contributed by atoms with E-state index >= 15 is 0 Å². The maximum absolute atomic E-state index is 4.77. The van der Waals surface area contributed by atoms with Crippen LogP contribution in [0.5, 0.6) is 0 Å². The first kappa shape index (κ1) is 12.1. The molecule has 0 spiro atoms. The number of hydrogen-bond acceptors (Lipinski definition) is 4. The number of rotatable bonds is 3. The molecule has 3 rings (SSSR count). The maximum atomic E-state index is 4.77. The first-order chi connectivity index (χ1) is 8.92. The first-order valence-electron chi connectivity index (χ1n) is 7.17. The lowest BCUT2D eigenvalue weighted by atomic mass is 9.96. The van der Waals surface area contributed by atoms with Crippen molar-refractivity contribution in [3.05, 3.63) is 23.8 Å². The van der Waals surface area contributed by atoms with Crippen molar-refractivity contribution in [1.29, 1.82) is 0 Å². The largest absolute Gasteiger partial charge is 0.316 e. The van der Waals surface area contributed by atoms with E-state index in [1.54, 1.807) is 0 Å². The molecule has 1 unspecified atom stereocenters. The van der Waals surface area contributed by atoms with Gasteiger partial charge < -0.3 is 5.32 Å². The second-order valence-corrected chi connectivity index (χ2v) is 5.42. The SMILES string of the molecule is c1cc(C2CCCNC2)nc(CN2CCCC2)n1. The van der Waals surface area contributed by atoms with Crippen LogP contribution in [0.1, 0.15) is 43.1 Å². The summed E-state index contributed by atoms with van der Waals surface area (Å²) in [5.41, 5.74) is 1.23. The predicted octanol–water partition coefficient (Wildman–Crippen LogP) is 1.54. The molecule has 2 aliphatic heterocycles. The van der Waals surface area contributed by atoms with Crippen molar-refractivity contribution in [2.24, 2.45) is 0 Å². The molecule has 4 heteroatoms. The van der Waals surface area contributed by atoms with Crippen LogP contribution in [0.15, 0.2) is 12.3 Å². The van der Waals surface area contributed by atoms with Crippen molar-refractivity contribution in [3.8, 4) is 0 Å². The van der Waals surface area contributed by atoms with Crippen LogP contribution in [0.4, 0.5) is 0 Å². The van der Waals surface area contributed by atoms with Gasteiger partial charge in [0, 0.05) is 24.4 Å². The summed E-state index contributed by atoms with van der Waals surface area (Å²) in [6.45, 7) is 5.56. The zero-order valence-electron chi connectivity index (χ0n) is 10.9. The number of nitrogens with one attached hydrogen (secondary N) is 1. The van der Waals surface area contributed by atoms with Crippen LogP contribution in [0.3, 0.4) is 0 Å². The molecule has 18 heavy (non-hydrogen) atoms. The molecule has 1 aromatic rings. The Morgan fingerprint density at radius 3 is 2.94 bits per heavy atom. The van der Waals surface area contributed by atoms with Crippen LogP contribution in [0, 0.1) is 0 Å². The van der Waals surface area contributed by atoms with Crippen LogP contribution in [-0.4, -0.2) is 41.0 Å². The lowest BCUT2D eigenvalue weighted by molar-refractivity contribution is 0.321. The average Bonchev–Trinajstić information content (AvgIpc) is 2.93. The summed E-state index contributed by atoms with van der Waals surface area (Å²) in [4.78, 5) is 11.6. The van der Waals surface area contributed by atoms with Crippen LogP contribution in [-0.2, 0) is 6.54 Å². The molecule has 0 aromatic carbocycles. The topological polar surface area (TPSA) is 41.1 Å². The summed E-state index contributed by atoms with van der Waals surface area (Å²) < 4.78 is 0. The van der Waals surface area contributed by atoms with E-state index in [-0.39, 0.29) is 0 Å². The number of hydrogen-bond donors (Lipinski definition) is 1. The maximum Gasteiger partial charge on any atom is 0.142 e. The fourth-order valence-electron chi connectivity index (χ4n) is 2.96. The molecular weight excluding hydrogens is 224 g/mol. The Morgan fingerprint density at radius 1 is 1.28 bits per heavy atom. The van der Waals surface area contributed by atoms with Gasteiger partial charge in [0.25, 0.3) is 0 Å². The highest BCUT2D eigenvalue weighted by atomic mass is 15.2. The highest BCUT2D eigenvalue weighted by Gasteiger charge is 2.18. The quantitative estimate of drug-likeness (QED) is 0.878. The van der Waals surface area contributed by atoms with Crippen molar-refractivity contribution in [2.45, 2.75) is 38.1 Å². The van der Waals surface area contributed by atoms with Gasteiger partial charge in [-0.05, 0) is 51.4 Å². The third kappa shape index (κ3) is 2.87. The molecule has 2 fully saturated rings. The van der Waals surface area contributed by atoms with E-state index in [4.69, 9.17) is 4.98 Å². The fraction of sp³-hybridized carbons (Fsp3) is 0.714. The van der Waals surface area contributed by atoms with Crippen LogP contribution >= 0.6 is 0 Å². The molecule has 1 aromatic heterocycles. The molecule has 0 aliphatic carbocycles. The van der Waals surface area contributed by atoms with Crippen molar-refractivity contribution in [2.75, 3.05) is 26.2 Å². The van der Waals surface area contributed by atoms with E-state index in [1.165, 1.54) is 44.5 Å². The van der Waals surface area contributed by atoms with Crippen molar-refractivity contribution in [3.63, 3.8) is 0 Å². The summed E-state index contributed by atoms with van der Waals surface area (Å²) in [6, 6.07) is 2.09. The van der Waals surface area contributed by atoms with Crippen LogP contribution in [0.25, 0.3) is 0 Å². The Labute approximate surface area is 109 Å². The van der Waals surface area contributed by atoms with Crippen molar-refractivity contribution in [1.82, 2.24) is 20.2 Å². The van der Waals surface area contributed by atoms with Crippen molar-refractivity contribution < 1.29 is 0 Å². The van der Waals surface area contributed by atoms with E-state index in [1.807, 2.05) is 6.20 Å². The molecule has 0 bridgehead atoms. The number of aromatic nitrogens is 2. The molecule has 0 saturated carbocycles. The van der Waals surface area contributed by atoms with Crippen LogP contribution < -0.4 is 5.32 Å². The normalized spacial score (nSPS) is 25.4. The van der Waals surface area contributed by atoms with Gasteiger partial charge in [-0.2, -0.15) is 0 Å². The van der Waals surface area contributed by atoms with E-state index in [2.05, 4.69) is 21.3 Å². The predicted molar refractivity (Wildman–Crippen MR) is 71.4 cm³/mol. The molecule has 0 radical (unpaired) electrons. The van der Waals surface area contributed by atoms with E-state index in [9.17, 15) is 0 Å². The zero-order valence-corrected chi connectivity index (χ0v) is 10.9. The Kier molecular flexibility index (Phi) is 3.86. The van der Waals surface area contributed by atoms with Gasteiger partial charge in [0.2, 0.25) is 0 Å². The number of piperidine rings is 1. The van der Waals surface area contributed by atoms with E-state index in [0.29, 0.717) is 5.92 Å². The fourth-order valence-corrected chi connectivity index (χ4v) is 2.96. The third-order valence-electron chi connectivity index (χ3n) is 4.01. The lowest BCUT2D eigenvalue weighted by Gasteiger charge is -2.22. The molecule has 98 valence electrons. The Morgan fingerprint density at radius 2 is 2.17 bits per heavy atom. The smallest absolute Gasteiger partial charge is 0.142 e. The number of likely N-dealkylation sites (tertiary alicyclic amines) is 1. The summed E-state index contributed by atoms with van der Waals surface area (Å²) in [6.07, 6.45) is 7.10. The summed E-state index contributed by atoms with van der Waals surface area (Å²) >= 11 is 0. The third-order valence-corrected chi connectivity index (χ3v) is 4.01. The molecular formula is C14H22N4. The zero-order chi connectivity index (χ0) is 12.2. The molecule has 2 saturated heterocycles. The molecule has 2 aliphatic rings. The van der Waals surface area contributed by atoms with E-state index in [0.717, 1.165) is 25.5 Å². The Balaban J connectivity index is 1.67. The van der Waals surface area contributed by atoms with Gasteiger partial charge >= 0.3 is 0 Å². The van der Waals surface area contributed by atoms with E-state index < -0.39 is 0 Å². The van der Waals surface area contributed by atoms with Gasteiger partial charge in [0.1, 0.15) is 5.82 Å². The summed E-state index contributed by atoms with van der Waals surface area (Å²) in [7, 11) is 0. The minimum Gasteiger partial charge on any atom is -0.316 e. The minimum absolute atomic E-state index is 0.582. The van der Waals surface area contributed by atoms with Gasteiger partial charge in [0.05, 0.1) is 6.54 Å². The second kappa shape index (κ2) is 5.76. The highest BCUT2D eigenvalue weighted by Crippen LogP contribution is 2.21. The van der Waals surface area contributed by atoms with Gasteiger partial charge in [-0.1, -0.05) is 0 Å². The lowest BCUT2D eigenvalue weighted by Crippen LogP contribution is -2.29. The number of nitrogens with zero attached hydrogens (tertiary/aromatic N) is 3.